The van der Waals surface area contributed by atoms with Crippen molar-refractivity contribution in [1.82, 2.24) is 9.80 Å². The molecule has 25 heavy (non-hydrogen) atoms. The van der Waals surface area contributed by atoms with E-state index in [1.807, 2.05) is 20.8 Å². The molecule has 0 unspecified atom stereocenters. The minimum absolute atomic E-state index is 0.0469. The number of hydrogen-bond donors (Lipinski definition) is 0. The smallest absolute Gasteiger partial charge is 0.410 e. The van der Waals surface area contributed by atoms with Crippen molar-refractivity contribution in [3.05, 3.63) is 34.4 Å². The fraction of sp³-hybridized carbons (Fsp3) is 0.588. The highest BCUT2D eigenvalue weighted by atomic mass is 16.6. The second-order valence-electron chi connectivity index (χ2n) is 6.91. The molecule has 0 bridgehead atoms. The molecule has 0 aliphatic carbocycles. The lowest BCUT2D eigenvalue weighted by Crippen LogP contribution is -2.50. The van der Waals surface area contributed by atoms with Crippen LogP contribution >= 0.6 is 0 Å². The van der Waals surface area contributed by atoms with E-state index in [-0.39, 0.29) is 11.8 Å². The first-order valence-electron chi connectivity index (χ1n) is 8.32. The van der Waals surface area contributed by atoms with E-state index in [0.29, 0.717) is 25.4 Å². The van der Waals surface area contributed by atoms with Gasteiger partial charge in [0, 0.05) is 44.9 Å². The monoisotopic (exact) mass is 351 g/mol. The Labute approximate surface area is 147 Å². The number of non-ortho nitro benzene ring substituents is 1. The molecule has 1 saturated heterocycles. The molecule has 0 saturated carbocycles. The van der Waals surface area contributed by atoms with Gasteiger partial charge in [-0.1, -0.05) is 0 Å². The van der Waals surface area contributed by atoms with Crippen molar-refractivity contribution in [2.45, 2.75) is 26.4 Å². The zero-order valence-electron chi connectivity index (χ0n) is 14.9. The minimum Gasteiger partial charge on any atom is -0.492 e. The maximum atomic E-state index is 12.0. The van der Waals surface area contributed by atoms with Crippen LogP contribution in [0, 0.1) is 10.1 Å². The lowest BCUT2D eigenvalue weighted by Gasteiger charge is -2.35. The molecule has 8 nitrogen and oxygen atoms in total. The molecule has 0 spiro atoms. The number of nitro benzene ring substituents is 1. The normalized spacial score (nSPS) is 15.7. The molecule has 8 heteroatoms. The van der Waals surface area contributed by atoms with Crippen LogP contribution in [0.4, 0.5) is 10.5 Å². The van der Waals surface area contributed by atoms with Crippen LogP contribution in [0.5, 0.6) is 5.75 Å². The predicted octanol–water partition coefficient (Wildman–Crippen LogP) is 2.53. The quantitative estimate of drug-likeness (QED) is 0.599. The third kappa shape index (κ3) is 6.22. The Morgan fingerprint density at radius 3 is 2.28 bits per heavy atom. The van der Waals surface area contributed by atoms with E-state index in [9.17, 15) is 14.9 Å². The summed E-state index contributed by atoms with van der Waals surface area (Å²) in [5, 5.41) is 10.6. The van der Waals surface area contributed by atoms with Crippen LogP contribution in [-0.4, -0.2) is 65.7 Å². The summed E-state index contributed by atoms with van der Waals surface area (Å²) >= 11 is 0. The zero-order chi connectivity index (χ0) is 18.4. The molecule has 0 N–H and O–H groups in total. The molecular weight excluding hydrogens is 326 g/mol. The van der Waals surface area contributed by atoms with Crippen LogP contribution in [0.1, 0.15) is 20.8 Å². The molecule has 1 aromatic rings. The Balaban J connectivity index is 1.68. The molecule has 2 rings (SSSR count). The van der Waals surface area contributed by atoms with Gasteiger partial charge in [0.2, 0.25) is 0 Å². The Morgan fingerprint density at radius 2 is 1.76 bits per heavy atom. The van der Waals surface area contributed by atoms with Gasteiger partial charge in [-0.2, -0.15) is 0 Å². The summed E-state index contributed by atoms with van der Waals surface area (Å²) in [6.07, 6.45) is -0.269. The van der Waals surface area contributed by atoms with E-state index in [2.05, 4.69) is 4.90 Å². The van der Waals surface area contributed by atoms with E-state index >= 15 is 0 Å². The summed E-state index contributed by atoms with van der Waals surface area (Å²) in [6.45, 7) is 9.60. The van der Waals surface area contributed by atoms with Gasteiger partial charge >= 0.3 is 6.09 Å². The molecule has 1 heterocycles. The van der Waals surface area contributed by atoms with Gasteiger partial charge in [-0.05, 0) is 32.9 Å². The van der Waals surface area contributed by atoms with Gasteiger partial charge in [-0.3, -0.25) is 15.0 Å². The minimum atomic E-state index is -0.479. The van der Waals surface area contributed by atoms with Crippen molar-refractivity contribution in [2.75, 3.05) is 39.3 Å². The van der Waals surface area contributed by atoms with Crippen molar-refractivity contribution in [2.24, 2.45) is 0 Å². The highest BCUT2D eigenvalue weighted by molar-refractivity contribution is 5.68. The van der Waals surface area contributed by atoms with Crippen LogP contribution in [0.25, 0.3) is 0 Å². The SMILES string of the molecule is CC(C)(C)OC(=O)N1CCN(CCOc2ccc([N+](=O)[O-])cc2)CC1. The van der Waals surface area contributed by atoms with Crippen molar-refractivity contribution in [3.63, 3.8) is 0 Å². The van der Waals surface area contributed by atoms with E-state index < -0.39 is 10.5 Å². The number of hydrogen-bond acceptors (Lipinski definition) is 6. The second-order valence-corrected chi connectivity index (χ2v) is 6.91. The molecule has 1 aliphatic heterocycles. The molecule has 0 atom stereocenters. The number of ether oxygens (including phenoxy) is 2. The molecule has 1 fully saturated rings. The first-order chi connectivity index (χ1) is 11.7. The van der Waals surface area contributed by atoms with Crippen LogP contribution in [0.3, 0.4) is 0 Å². The highest BCUT2D eigenvalue weighted by Gasteiger charge is 2.25. The standard InChI is InChI=1S/C17H25N3O5/c1-17(2,3)25-16(21)19-10-8-18(9-11-19)12-13-24-15-6-4-14(5-7-15)20(22)23/h4-7H,8-13H2,1-3H3. The maximum absolute atomic E-state index is 12.0. The van der Waals surface area contributed by atoms with Crippen molar-refractivity contribution >= 4 is 11.8 Å². The molecule has 0 radical (unpaired) electrons. The largest absolute Gasteiger partial charge is 0.492 e. The summed E-state index contributed by atoms with van der Waals surface area (Å²) in [5.74, 6) is 0.609. The molecular formula is C17H25N3O5. The number of amides is 1. The van der Waals surface area contributed by atoms with Gasteiger partial charge in [-0.25, -0.2) is 4.79 Å². The summed E-state index contributed by atoms with van der Waals surface area (Å²) in [4.78, 5) is 26.1. The topological polar surface area (TPSA) is 85.2 Å². The molecule has 0 aromatic heterocycles. The van der Waals surface area contributed by atoms with Gasteiger partial charge in [0.15, 0.2) is 0 Å². The van der Waals surface area contributed by atoms with E-state index in [4.69, 9.17) is 9.47 Å². The third-order valence-corrected chi connectivity index (χ3v) is 3.75. The summed E-state index contributed by atoms with van der Waals surface area (Å²) < 4.78 is 11.0. The van der Waals surface area contributed by atoms with Crippen LogP contribution in [0.15, 0.2) is 24.3 Å². The number of carbonyl (C=O) groups is 1. The number of carbonyl (C=O) groups excluding carboxylic acids is 1. The number of benzene rings is 1. The maximum Gasteiger partial charge on any atom is 0.410 e. The van der Waals surface area contributed by atoms with Crippen LogP contribution in [0.2, 0.25) is 0 Å². The van der Waals surface area contributed by atoms with Gasteiger partial charge in [0.1, 0.15) is 18.0 Å². The highest BCUT2D eigenvalue weighted by Crippen LogP contribution is 2.17. The predicted molar refractivity (Wildman–Crippen MR) is 92.8 cm³/mol. The average molecular weight is 351 g/mol. The van der Waals surface area contributed by atoms with Gasteiger partial charge in [0.05, 0.1) is 4.92 Å². The molecule has 1 amide bonds. The van der Waals surface area contributed by atoms with Gasteiger partial charge < -0.3 is 14.4 Å². The first-order valence-corrected chi connectivity index (χ1v) is 8.32. The van der Waals surface area contributed by atoms with Crippen molar-refractivity contribution in [3.8, 4) is 5.75 Å². The lowest BCUT2D eigenvalue weighted by molar-refractivity contribution is -0.384. The molecule has 138 valence electrons. The van der Waals surface area contributed by atoms with Gasteiger partial charge in [0.25, 0.3) is 5.69 Å². The van der Waals surface area contributed by atoms with Gasteiger partial charge in [-0.15, -0.1) is 0 Å². The summed E-state index contributed by atoms with van der Waals surface area (Å²) in [6, 6.07) is 6.04. The Bertz CT molecular complexity index is 589. The van der Waals surface area contributed by atoms with E-state index in [1.54, 1.807) is 17.0 Å². The zero-order valence-corrected chi connectivity index (χ0v) is 14.9. The third-order valence-electron chi connectivity index (χ3n) is 3.75. The molecule has 1 aliphatic rings. The Hall–Kier alpha value is -2.35. The summed E-state index contributed by atoms with van der Waals surface area (Å²) in [5.41, 5.74) is -0.432. The fourth-order valence-electron chi connectivity index (χ4n) is 2.44. The van der Waals surface area contributed by atoms with Crippen molar-refractivity contribution in [1.29, 1.82) is 0 Å². The second kappa shape index (κ2) is 8.15. The number of nitrogens with zero attached hydrogens (tertiary/aromatic N) is 3. The first kappa shape index (κ1) is 19.0. The lowest BCUT2D eigenvalue weighted by atomic mass is 10.2. The Morgan fingerprint density at radius 1 is 1.16 bits per heavy atom. The number of nitro groups is 1. The Kier molecular flexibility index (Phi) is 6.19. The van der Waals surface area contributed by atoms with E-state index in [0.717, 1.165) is 19.6 Å². The average Bonchev–Trinajstić information content (AvgIpc) is 2.54. The van der Waals surface area contributed by atoms with Crippen LogP contribution in [-0.2, 0) is 4.74 Å². The number of piperazine rings is 1. The number of rotatable bonds is 5. The summed E-state index contributed by atoms with van der Waals surface area (Å²) in [7, 11) is 0. The van der Waals surface area contributed by atoms with Crippen LogP contribution < -0.4 is 4.74 Å². The fourth-order valence-corrected chi connectivity index (χ4v) is 2.44. The van der Waals surface area contributed by atoms with E-state index in [1.165, 1.54) is 12.1 Å². The van der Waals surface area contributed by atoms with Crippen molar-refractivity contribution < 1.29 is 19.2 Å². The molecule has 1 aromatic carbocycles.